The predicted molar refractivity (Wildman–Crippen MR) is 57.9 cm³/mol. The molecule has 1 aromatic rings. The molecule has 0 amide bonds. The zero-order valence-corrected chi connectivity index (χ0v) is 9.95. The van der Waals surface area contributed by atoms with E-state index < -0.39 is 15.3 Å². The minimum Gasteiger partial charge on any atom is -0.381 e. The van der Waals surface area contributed by atoms with Crippen molar-refractivity contribution in [2.45, 2.75) is 20.4 Å². The molecule has 15 heavy (non-hydrogen) atoms. The molecular formula is C8H16N4O2S. The number of hydrogen-bond acceptors (Lipinski definition) is 5. The Hall–Kier alpha value is -1.11. The Kier molecular flexibility index (Phi) is 3.03. The Morgan fingerprint density at radius 2 is 2.13 bits per heavy atom. The van der Waals surface area contributed by atoms with Gasteiger partial charge in [0.15, 0.2) is 5.82 Å². The quantitative estimate of drug-likeness (QED) is 0.784. The van der Waals surface area contributed by atoms with Gasteiger partial charge in [0.2, 0.25) is 0 Å². The summed E-state index contributed by atoms with van der Waals surface area (Å²) in [7, 11) is -3.00. The first-order valence-electron chi connectivity index (χ1n) is 4.51. The van der Waals surface area contributed by atoms with Gasteiger partial charge in [-0.25, -0.2) is 8.42 Å². The third-order valence-electron chi connectivity index (χ3n) is 1.78. The molecule has 0 saturated carbocycles. The topological polar surface area (TPSA) is 90.9 Å². The standard InChI is InChI=1S/C8H16N4O2S/c1-8(2,6-15(3,13)14)5-12-10-4-7(9)11-12/h4H,5-6H2,1-3H3,(H2,9,11). The SMILES string of the molecule is CC(C)(Cn1ncc(N)n1)CS(C)(=O)=O. The second kappa shape index (κ2) is 3.80. The van der Waals surface area contributed by atoms with Crippen LogP contribution in [0.25, 0.3) is 0 Å². The van der Waals surface area contributed by atoms with Crippen LogP contribution in [0.1, 0.15) is 13.8 Å². The number of hydrogen-bond donors (Lipinski definition) is 1. The molecule has 1 heterocycles. The van der Waals surface area contributed by atoms with Gasteiger partial charge in [0.25, 0.3) is 0 Å². The van der Waals surface area contributed by atoms with Gasteiger partial charge >= 0.3 is 0 Å². The van der Waals surface area contributed by atoms with Crippen LogP contribution < -0.4 is 5.73 Å². The van der Waals surface area contributed by atoms with Crippen LogP contribution in [-0.4, -0.2) is 35.4 Å². The van der Waals surface area contributed by atoms with Crippen LogP contribution in [0, 0.1) is 5.41 Å². The third kappa shape index (κ3) is 4.28. The van der Waals surface area contributed by atoms with Gasteiger partial charge in [-0.05, 0) is 5.41 Å². The molecule has 0 aliphatic carbocycles. The minimum atomic E-state index is -3.00. The van der Waals surface area contributed by atoms with Gasteiger partial charge in [0.05, 0.1) is 18.5 Å². The average Bonchev–Trinajstić information content (AvgIpc) is 2.27. The van der Waals surface area contributed by atoms with Gasteiger partial charge in [-0.15, -0.1) is 5.10 Å². The summed E-state index contributed by atoms with van der Waals surface area (Å²) >= 11 is 0. The summed E-state index contributed by atoms with van der Waals surface area (Å²) in [5.41, 5.74) is 5.01. The minimum absolute atomic E-state index is 0.0987. The van der Waals surface area contributed by atoms with E-state index in [9.17, 15) is 8.42 Å². The first kappa shape index (κ1) is 12.0. The Bertz CT molecular complexity index is 435. The predicted octanol–water partition coefficient (Wildman–Crippen LogP) is -0.0689. The van der Waals surface area contributed by atoms with Crippen molar-refractivity contribution in [1.29, 1.82) is 0 Å². The van der Waals surface area contributed by atoms with E-state index in [-0.39, 0.29) is 5.75 Å². The van der Waals surface area contributed by atoms with Gasteiger partial charge in [-0.3, -0.25) is 0 Å². The largest absolute Gasteiger partial charge is 0.381 e. The van der Waals surface area contributed by atoms with Crippen molar-refractivity contribution >= 4 is 15.7 Å². The van der Waals surface area contributed by atoms with Crippen molar-refractivity contribution in [2.75, 3.05) is 17.7 Å². The molecular weight excluding hydrogens is 216 g/mol. The van der Waals surface area contributed by atoms with E-state index in [1.54, 1.807) is 0 Å². The number of nitrogens with zero attached hydrogens (tertiary/aromatic N) is 3. The highest BCUT2D eigenvalue weighted by Gasteiger charge is 2.24. The summed E-state index contributed by atoms with van der Waals surface area (Å²) in [5.74, 6) is 0.437. The molecule has 1 aromatic heterocycles. The molecule has 0 atom stereocenters. The van der Waals surface area contributed by atoms with E-state index in [2.05, 4.69) is 10.2 Å². The summed E-state index contributed by atoms with van der Waals surface area (Å²) < 4.78 is 22.3. The molecule has 0 fully saturated rings. The lowest BCUT2D eigenvalue weighted by Crippen LogP contribution is -2.29. The van der Waals surface area contributed by atoms with Gasteiger partial charge in [0.1, 0.15) is 9.84 Å². The fourth-order valence-corrected chi connectivity index (χ4v) is 3.04. The molecule has 0 aromatic carbocycles. The molecule has 0 aliphatic rings. The lowest BCUT2D eigenvalue weighted by atomic mass is 9.97. The second-order valence-corrected chi connectivity index (χ2v) is 6.67. The lowest BCUT2D eigenvalue weighted by molar-refractivity contribution is 0.306. The highest BCUT2D eigenvalue weighted by atomic mass is 32.2. The van der Waals surface area contributed by atoms with Crippen molar-refractivity contribution < 1.29 is 8.42 Å². The highest BCUT2D eigenvalue weighted by Crippen LogP contribution is 2.19. The number of sulfone groups is 1. The van der Waals surface area contributed by atoms with E-state index in [0.717, 1.165) is 0 Å². The molecule has 6 nitrogen and oxygen atoms in total. The molecule has 1 rings (SSSR count). The first-order valence-corrected chi connectivity index (χ1v) is 6.57. The van der Waals surface area contributed by atoms with E-state index in [1.807, 2.05) is 13.8 Å². The zero-order chi connectivity index (χ0) is 11.7. The molecule has 0 radical (unpaired) electrons. The normalized spacial score (nSPS) is 13.0. The first-order chi connectivity index (χ1) is 6.68. The van der Waals surface area contributed by atoms with Crippen molar-refractivity contribution in [2.24, 2.45) is 5.41 Å². The summed E-state index contributed by atoms with van der Waals surface area (Å²) in [6, 6.07) is 0. The van der Waals surface area contributed by atoms with Crippen LogP contribution in [0.4, 0.5) is 5.82 Å². The summed E-state index contributed by atoms with van der Waals surface area (Å²) in [4.78, 5) is 1.42. The monoisotopic (exact) mass is 232 g/mol. The Morgan fingerprint density at radius 1 is 1.53 bits per heavy atom. The highest BCUT2D eigenvalue weighted by molar-refractivity contribution is 7.90. The third-order valence-corrected chi connectivity index (χ3v) is 3.08. The summed E-state index contributed by atoms with van der Waals surface area (Å²) in [5, 5.41) is 7.83. The van der Waals surface area contributed by atoms with Crippen molar-refractivity contribution in [3.8, 4) is 0 Å². The number of nitrogens with two attached hydrogens (primary N) is 1. The van der Waals surface area contributed by atoms with Crippen LogP contribution in [-0.2, 0) is 16.4 Å². The van der Waals surface area contributed by atoms with Gasteiger partial charge in [0, 0.05) is 6.26 Å². The fourth-order valence-electron chi connectivity index (χ4n) is 1.53. The van der Waals surface area contributed by atoms with Gasteiger partial charge < -0.3 is 5.73 Å². The van der Waals surface area contributed by atoms with Crippen LogP contribution in [0.2, 0.25) is 0 Å². The van der Waals surface area contributed by atoms with Gasteiger partial charge in [-0.1, -0.05) is 13.8 Å². The maximum Gasteiger partial charge on any atom is 0.165 e. The number of nitrogen functional groups attached to an aromatic ring is 1. The second-order valence-electron chi connectivity index (χ2n) is 4.53. The van der Waals surface area contributed by atoms with Crippen LogP contribution >= 0.6 is 0 Å². The molecule has 0 saturated heterocycles. The fraction of sp³-hybridized carbons (Fsp3) is 0.750. The van der Waals surface area contributed by atoms with Crippen molar-refractivity contribution in [3.05, 3.63) is 6.20 Å². The summed E-state index contributed by atoms with van der Waals surface area (Å²) in [6.07, 6.45) is 2.66. The molecule has 86 valence electrons. The molecule has 0 spiro atoms. The molecule has 2 N–H and O–H groups in total. The maximum atomic E-state index is 11.2. The van der Waals surface area contributed by atoms with Crippen molar-refractivity contribution in [1.82, 2.24) is 15.0 Å². The van der Waals surface area contributed by atoms with Gasteiger partial charge in [-0.2, -0.15) is 9.90 Å². The zero-order valence-electron chi connectivity index (χ0n) is 9.14. The molecule has 7 heteroatoms. The maximum absolute atomic E-state index is 11.2. The van der Waals surface area contributed by atoms with E-state index in [1.165, 1.54) is 17.2 Å². The number of rotatable bonds is 4. The van der Waals surface area contributed by atoms with Crippen LogP contribution in [0.15, 0.2) is 6.20 Å². The van der Waals surface area contributed by atoms with Crippen LogP contribution in [0.5, 0.6) is 0 Å². The molecule has 0 bridgehead atoms. The van der Waals surface area contributed by atoms with E-state index in [0.29, 0.717) is 12.4 Å². The lowest BCUT2D eigenvalue weighted by Gasteiger charge is -2.22. The van der Waals surface area contributed by atoms with E-state index in [4.69, 9.17) is 5.73 Å². The number of anilines is 1. The Morgan fingerprint density at radius 3 is 2.53 bits per heavy atom. The van der Waals surface area contributed by atoms with Crippen molar-refractivity contribution in [3.63, 3.8) is 0 Å². The average molecular weight is 232 g/mol. The molecule has 0 unspecified atom stereocenters. The van der Waals surface area contributed by atoms with Crippen LogP contribution in [0.3, 0.4) is 0 Å². The van der Waals surface area contributed by atoms with E-state index >= 15 is 0 Å². The molecule has 0 aliphatic heterocycles. The smallest absolute Gasteiger partial charge is 0.165 e. The Balaban J connectivity index is 2.72. The Labute approximate surface area is 89.4 Å². The summed E-state index contributed by atoms with van der Waals surface area (Å²) in [6.45, 7) is 4.14. The number of aromatic nitrogens is 3.